The molecule has 88 valence electrons. The van der Waals surface area contributed by atoms with Crippen molar-refractivity contribution in [2.75, 3.05) is 11.4 Å². The fourth-order valence-electron chi connectivity index (χ4n) is 1.89. The Balaban J connectivity index is 1.86. The maximum atomic E-state index is 9.04. The molecule has 0 aliphatic carbocycles. The molecule has 3 rings (SSSR count). The van der Waals surface area contributed by atoms with Gasteiger partial charge in [-0.2, -0.15) is 0 Å². The van der Waals surface area contributed by atoms with Gasteiger partial charge in [0, 0.05) is 13.1 Å². The van der Waals surface area contributed by atoms with E-state index >= 15 is 0 Å². The number of aliphatic hydroxyl groups excluding tert-OH is 1. The number of nitrogens with zero attached hydrogens (tertiary/aromatic N) is 6. The molecule has 2 aromatic rings. The largest absolute Gasteiger partial charge is 0.390 e. The van der Waals surface area contributed by atoms with E-state index in [0.29, 0.717) is 12.2 Å². The lowest BCUT2D eigenvalue weighted by atomic mass is 10.3. The van der Waals surface area contributed by atoms with Crippen molar-refractivity contribution in [1.29, 1.82) is 0 Å². The molecule has 0 radical (unpaired) electrons. The van der Waals surface area contributed by atoms with Crippen LogP contribution in [-0.2, 0) is 19.7 Å². The minimum Gasteiger partial charge on any atom is -0.390 e. The SMILES string of the molecule is OCc1cncc(N2CCn3cnnc3C2)n1. The normalized spacial score (nSPS) is 14.8. The Morgan fingerprint density at radius 1 is 1.29 bits per heavy atom. The van der Waals surface area contributed by atoms with Gasteiger partial charge in [0.2, 0.25) is 0 Å². The van der Waals surface area contributed by atoms with E-state index in [1.165, 1.54) is 0 Å². The highest BCUT2D eigenvalue weighted by Gasteiger charge is 2.18. The van der Waals surface area contributed by atoms with Crippen LogP contribution in [0.2, 0.25) is 0 Å². The molecule has 0 fully saturated rings. The third-order valence-electron chi connectivity index (χ3n) is 2.80. The van der Waals surface area contributed by atoms with Crippen LogP contribution in [0.4, 0.5) is 5.82 Å². The summed E-state index contributed by atoms with van der Waals surface area (Å²) in [5.41, 5.74) is 0.578. The molecular formula is C10H12N6O. The second-order valence-electron chi connectivity index (χ2n) is 3.89. The van der Waals surface area contributed by atoms with E-state index in [0.717, 1.165) is 24.7 Å². The number of hydrogen-bond acceptors (Lipinski definition) is 6. The lowest BCUT2D eigenvalue weighted by Crippen LogP contribution is -2.34. The zero-order valence-electron chi connectivity index (χ0n) is 9.19. The molecule has 0 saturated heterocycles. The Morgan fingerprint density at radius 2 is 2.24 bits per heavy atom. The summed E-state index contributed by atoms with van der Waals surface area (Å²) in [7, 11) is 0. The average molecular weight is 232 g/mol. The van der Waals surface area contributed by atoms with Crippen molar-refractivity contribution in [1.82, 2.24) is 24.7 Å². The third-order valence-corrected chi connectivity index (χ3v) is 2.80. The molecule has 0 spiro atoms. The van der Waals surface area contributed by atoms with Crippen LogP contribution < -0.4 is 4.90 Å². The Hall–Kier alpha value is -2.02. The molecule has 3 heterocycles. The number of rotatable bonds is 2. The first-order valence-corrected chi connectivity index (χ1v) is 5.40. The molecule has 0 unspecified atom stereocenters. The number of hydrogen-bond donors (Lipinski definition) is 1. The number of aromatic nitrogens is 5. The summed E-state index contributed by atoms with van der Waals surface area (Å²) in [6.45, 7) is 2.26. The predicted molar refractivity (Wildman–Crippen MR) is 59.0 cm³/mol. The van der Waals surface area contributed by atoms with E-state index in [-0.39, 0.29) is 6.61 Å². The van der Waals surface area contributed by atoms with Gasteiger partial charge in [-0.05, 0) is 0 Å². The first kappa shape index (κ1) is 10.2. The molecule has 1 N–H and O–H groups in total. The van der Waals surface area contributed by atoms with Crippen molar-refractivity contribution < 1.29 is 5.11 Å². The van der Waals surface area contributed by atoms with Gasteiger partial charge in [0.1, 0.15) is 12.1 Å². The van der Waals surface area contributed by atoms with Gasteiger partial charge >= 0.3 is 0 Å². The van der Waals surface area contributed by atoms with Gasteiger partial charge in [-0.15, -0.1) is 10.2 Å². The number of fused-ring (bicyclic) bond motifs is 1. The predicted octanol–water partition coefficient (Wildman–Crippen LogP) is -0.419. The molecule has 0 saturated carbocycles. The van der Waals surface area contributed by atoms with Gasteiger partial charge in [-0.3, -0.25) is 4.98 Å². The van der Waals surface area contributed by atoms with Crippen LogP contribution in [0.25, 0.3) is 0 Å². The summed E-state index contributed by atoms with van der Waals surface area (Å²) >= 11 is 0. The molecule has 0 aromatic carbocycles. The second-order valence-corrected chi connectivity index (χ2v) is 3.89. The van der Waals surface area contributed by atoms with Crippen molar-refractivity contribution in [3.63, 3.8) is 0 Å². The quantitative estimate of drug-likeness (QED) is 0.757. The first-order valence-electron chi connectivity index (χ1n) is 5.40. The van der Waals surface area contributed by atoms with Crippen LogP contribution in [-0.4, -0.2) is 36.4 Å². The smallest absolute Gasteiger partial charge is 0.152 e. The van der Waals surface area contributed by atoms with Crippen molar-refractivity contribution in [3.8, 4) is 0 Å². The van der Waals surface area contributed by atoms with Crippen LogP contribution in [0.5, 0.6) is 0 Å². The van der Waals surface area contributed by atoms with E-state index in [4.69, 9.17) is 5.11 Å². The van der Waals surface area contributed by atoms with Crippen LogP contribution >= 0.6 is 0 Å². The summed E-state index contributed by atoms with van der Waals surface area (Å²) in [5, 5.41) is 17.0. The van der Waals surface area contributed by atoms with E-state index in [1.54, 1.807) is 18.7 Å². The molecule has 7 nitrogen and oxygen atoms in total. The van der Waals surface area contributed by atoms with Crippen LogP contribution in [0.1, 0.15) is 11.5 Å². The summed E-state index contributed by atoms with van der Waals surface area (Å²) in [6.07, 6.45) is 5.00. The zero-order chi connectivity index (χ0) is 11.7. The molecule has 1 aliphatic rings. The maximum Gasteiger partial charge on any atom is 0.152 e. The summed E-state index contributed by atoms with van der Waals surface area (Å²) in [6, 6.07) is 0. The Bertz CT molecular complexity index is 525. The Morgan fingerprint density at radius 3 is 3.12 bits per heavy atom. The summed E-state index contributed by atoms with van der Waals surface area (Å²) < 4.78 is 2.03. The highest BCUT2D eigenvalue weighted by molar-refractivity contribution is 5.37. The highest BCUT2D eigenvalue weighted by atomic mass is 16.3. The van der Waals surface area contributed by atoms with Crippen molar-refractivity contribution in [2.45, 2.75) is 19.7 Å². The van der Waals surface area contributed by atoms with Crippen molar-refractivity contribution >= 4 is 5.82 Å². The second kappa shape index (κ2) is 4.10. The topological polar surface area (TPSA) is 80.0 Å². The average Bonchev–Trinajstić information content (AvgIpc) is 2.86. The number of aliphatic hydroxyl groups is 1. The molecule has 7 heteroatoms. The lowest BCUT2D eigenvalue weighted by Gasteiger charge is -2.27. The van der Waals surface area contributed by atoms with Gasteiger partial charge in [0.05, 0.1) is 31.2 Å². The fourth-order valence-corrected chi connectivity index (χ4v) is 1.89. The van der Waals surface area contributed by atoms with Crippen LogP contribution in [0.15, 0.2) is 18.7 Å². The van der Waals surface area contributed by atoms with E-state index in [9.17, 15) is 0 Å². The minimum atomic E-state index is -0.0924. The Kier molecular flexibility index (Phi) is 2.45. The summed E-state index contributed by atoms with van der Waals surface area (Å²) in [5.74, 6) is 1.69. The van der Waals surface area contributed by atoms with Crippen LogP contribution in [0, 0.1) is 0 Å². The molecule has 0 bridgehead atoms. The lowest BCUT2D eigenvalue weighted by molar-refractivity contribution is 0.276. The maximum absolute atomic E-state index is 9.04. The molecule has 17 heavy (non-hydrogen) atoms. The minimum absolute atomic E-state index is 0.0924. The molecule has 0 amide bonds. The van der Waals surface area contributed by atoms with Gasteiger partial charge in [-0.25, -0.2) is 4.98 Å². The van der Waals surface area contributed by atoms with Gasteiger partial charge in [0.15, 0.2) is 5.82 Å². The first-order chi connectivity index (χ1) is 8.36. The Labute approximate surface area is 97.8 Å². The van der Waals surface area contributed by atoms with Crippen molar-refractivity contribution in [3.05, 3.63) is 30.2 Å². The monoisotopic (exact) mass is 232 g/mol. The van der Waals surface area contributed by atoms with Gasteiger partial charge in [-0.1, -0.05) is 0 Å². The number of anilines is 1. The molecular weight excluding hydrogens is 220 g/mol. The van der Waals surface area contributed by atoms with Crippen molar-refractivity contribution in [2.24, 2.45) is 0 Å². The van der Waals surface area contributed by atoms with Gasteiger partial charge in [0.25, 0.3) is 0 Å². The summed E-state index contributed by atoms with van der Waals surface area (Å²) in [4.78, 5) is 10.5. The van der Waals surface area contributed by atoms with Crippen LogP contribution in [0.3, 0.4) is 0 Å². The highest BCUT2D eigenvalue weighted by Crippen LogP contribution is 2.16. The van der Waals surface area contributed by atoms with E-state index in [1.807, 2.05) is 4.57 Å². The van der Waals surface area contributed by atoms with E-state index < -0.39 is 0 Å². The van der Waals surface area contributed by atoms with Gasteiger partial charge < -0.3 is 14.6 Å². The molecule has 0 atom stereocenters. The molecule has 1 aliphatic heterocycles. The zero-order valence-corrected chi connectivity index (χ0v) is 9.19. The standard InChI is InChI=1S/C10H12N6O/c17-6-8-3-11-4-9(13-8)15-1-2-16-7-12-14-10(16)5-15/h3-4,7,17H,1-2,5-6H2. The van der Waals surface area contributed by atoms with E-state index in [2.05, 4.69) is 25.1 Å². The third kappa shape index (κ3) is 1.84. The molecule has 2 aromatic heterocycles. The fraction of sp³-hybridized carbons (Fsp3) is 0.400.